The molecule has 0 spiro atoms. The average molecular weight is 291 g/mol. The third kappa shape index (κ3) is 3.05. The molecular weight excluding hydrogens is 270 g/mol. The predicted octanol–water partition coefficient (Wildman–Crippen LogP) is 1.96. The van der Waals surface area contributed by atoms with Crippen molar-refractivity contribution in [3.8, 4) is 0 Å². The van der Waals surface area contributed by atoms with Gasteiger partial charge in [0, 0.05) is 18.7 Å². The van der Waals surface area contributed by atoms with Crippen LogP contribution < -0.4 is 5.73 Å². The Morgan fingerprint density at radius 2 is 2.24 bits per heavy atom. The molecule has 2 atom stereocenters. The molecule has 6 heteroatoms. The summed E-state index contributed by atoms with van der Waals surface area (Å²) < 4.78 is 0. The van der Waals surface area contributed by atoms with Crippen LogP contribution in [-0.2, 0) is 0 Å². The highest BCUT2D eigenvalue weighted by molar-refractivity contribution is 5.98. The third-order valence-corrected chi connectivity index (χ3v) is 4.35. The SMILES string of the molecule is Cc1cccc(C(=O)N2CCC(C)C(CN)C2)c1[N+](=O)[O-]. The van der Waals surface area contributed by atoms with E-state index in [0.29, 0.717) is 31.1 Å². The normalized spacial score (nSPS) is 22.1. The minimum Gasteiger partial charge on any atom is -0.338 e. The maximum absolute atomic E-state index is 12.6. The zero-order valence-corrected chi connectivity index (χ0v) is 12.4. The van der Waals surface area contributed by atoms with Crippen LogP contribution in [0.3, 0.4) is 0 Å². The first-order chi connectivity index (χ1) is 9.95. The first-order valence-electron chi connectivity index (χ1n) is 7.19. The van der Waals surface area contributed by atoms with E-state index in [2.05, 4.69) is 6.92 Å². The van der Waals surface area contributed by atoms with Gasteiger partial charge in [-0.05, 0) is 37.8 Å². The van der Waals surface area contributed by atoms with Gasteiger partial charge < -0.3 is 10.6 Å². The first-order valence-corrected chi connectivity index (χ1v) is 7.19. The molecule has 1 aliphatic rings. The maximum Gasteiger partial charge on any atom is 0.285 e. The topological polar surface area (TPSA) is 89.5 Å². The van der Waals surface area contributed by atoms with Crippen LogP contribution in [0.25, 0.3) is 0 Å². The molecule has 114 valence electrons. The smallest absolute Gasteiger partial charge is 0.285 e. The number of carbonyl (C=O) groups is 1. The Morgan fingerprint density at radius 3 is 2.86 bits per heavy atom. The molecule has 2 unspecified atom stereocenters. The van der Waals surface area contributed by atoms with E-state index < -0.39 is 4.92 Å². The number of aryl methyl sites for hydroxylation is 1. The summed E-state index contributed by atoms with van der Waals surface area (Å²) in [5.74, 6) is 0.467. The van der Waals surface area contributed by atoms with Crippen molar-refractivity contribution in [1.29, 1.82) is 0 Å². The van der Waals surface area contributed by atoms with Crippen molar-refractivity contribution >= 4 is 11.6 Å². The Labute approximate surface area is 124 Å². The number of benzene rings is 1. The number of nitro benzene ring substituents is 1. The molecule has 2 rings (SSSR count). The zero-order chi connectivity index (χ0) is 15.6. The molecule has 1 heterocycles. The Hall–Kier alpha value is -1.95. The Morgan fingerprint density at radius 1 is 1.52 bits per heavy atom. The largest absolute Gasteiger partial charge is 0.338 e. The van der Waals surface area contributed by atoms with Gasteiger partial charge in [-0.25, -0.2) is 0 Å². The molecule has 0 bridgehead atoms. The van der Waals surface area contributed by atoms with E-state index in [9.17, 15) is 14.9 Å². The quantitative estimate of drug-likeness (QED) is 0.681. The number of hydrogen-bond donors (Lipinski definition) is 1. The molecule has 2 N–H and O–H groups in total. The van der Waals surface area contributed by atoms with Gasteiger partial charge in [0.05, 0.1) is 4.92 Å². The van der Waals surface area contributed by atoms with E-state index in [1.807, 2.05) is 0 Å². The van der Waals surface area contributed by atoms with Crippen LogP contribution in [-0.4, -0.2) is 35.4 Å². The molecule has 1 aliphatic heterocycles. The van der Waals surface area contributed by atoms with Crippen LogP contribution in [0, 0.1) is 28.9 Å². The van der Waals surface area contributed by atoms with Crippen molar-refractivity contribution in [2.75, 3.05) is 19.6 Å². The van der Waals surface area contributed by atoms with Crippen LogP contribution in [0.2, 0.25) is 0 Å². The maximum atomic E-state index is 12.6. The number of likely N-dealkylation sites (tertiary alicyclic amines) is 1. The summed E-state index contributed by atoms with van der Waals surface area (Å²) in [5, 5.41) is 11.2. The van der Waals surface area contributed by atoms with Crippen LogP contribution >= 0.6 is 0 Å². The van der Waals surface area contributed by atoms with E-state index in [-0.39, 0.29) is 23.1 Å². The lowest BCUT2D eigenvalue weighted by atomic mass is 9.87. The van der Waals surface area contributed by atoms with Crippen molar-refractivity contribution in [2.45, 2.75) is 20.3 Å². The van der Waals surface area contributed by atoms with Crippen LogP contribution in [0.1, 0.15) is 29.3 Å². The third-order valence-electron chi connectivity index (χ3n) is 4.35. The van der Waals surface area contributed by atoms with E-state index in [1.54, 1.807) is 24.0 Å². The highest BCUT2D eigenvalue weighted by atomic mass is 16.6. The Bertz CT molecular complexity index is 559. The summed E-state index contributed by atoms with van der Waals surface area (Å²) in [6, 6.07) is 4.86. The monoisotopic (exact) mass is 291 g/mol. The van der Waals surface area contributed by atoms with Crippen LogP contribution in [0.4, 0.5) is 5.69 Å². The van der Waals surface area contributed by atoms with Gasteiger partial charge in [0.1, 0.15) is 5.56 Å². The summed E-state index contributed by atoms with van der Waals surface area (Å²) in [4.78, 5) is 25.1. The van der Waals surface area contributed by atoms with Crippen molar-refractivity contribution in [2.24, 2.45) is 17.6 Å². The van der Waals surface area contributed by atoms with Gasteiger partial charge in [-0.2, -0.15) is 0 Å². The molecule has 1 saturated heterocycles. The molecule has 1 aromatic carbocycles. The predicted molar refractivity (Wildman–Crippen MR) is 80.1 cm³/mol. The lowest BCUT2D eigenvalue weighted by Gasteiger charge is -2.36. The molecule has 6 nitrogen and oxygen atoms in total. The fraction of sp³-hybridized carbons (Fsp3) is 0.533. The molecule has 0 aliphatic carbocycles. The van der Waals surface area contributed by atoms with E-state index in [0.717, 1.165) is 6.42 Å². The highest BCUT2D eigenvalue weighted by Crippen LogP contribution is 2.28. The van der Waals surface area contributed by atoms with Crippen LogP contribution in [0.15, 0.2) is 18.2 Å². The van der Waals surface area contributed by atoms with Gasteiger partial charge in [0.15, 0.2) is 0 Å². The number of rotatable bonds is 3. The lowest BCUT2D eigenvalue weighted by Crippen LogP contribution is -2.45. The molecule has 21 heavy (non-hydrogen) atoms. The van der Waals surface area contributed by atoms with E-state index >= 15 is 0 Å². The van der Waals surface area contributed by atoms with Gasteiger partial charge in [0.25, 0.3) is 11.6 Å². The summed E-state index contributed by atoms with van der Waals surface area (Å²) >= 11 is 0. The summed E-state index contributed by atoms with van der Waals surface area (Å²) in [6.07, 6.45) is 0.882. The fourth-order valence-corrected chi connectivity index (χ4v) is 2.89. The molecule has 0 radical (unpaired) electrons. The second-order valence-corrected chi connectivity index (χ2v) is 5.74. The van der Waals surface area contributed by atoms with Gasteiger partial charge in [-0.15, -0.1) is 0 Å². The van der Waals surface area contributed by atoms with Crippen molar-refractivity contribution in [1.82, 2.24) is 4.90 Å². The first kappa shape index (κ1) is 15.4. The lowest BCUT2D eigenvalue weighted by molar-refractivity contribution is -0.385. The number of nitro groups is 1. The Balaban J connectivity index is 2.29. The van der Waals surface area contributed by atoms with Gasteiger partial charge >= 0.3 is 0 Å². The van der Waals surface area contributed by atoms with Crippen molar-refractivity contribution < 1.29 is 9.72 Å². The van der Waals surface area contributed by atoms with E-state index in [4.69, 9.17) is 5.73 Å². The van der Waals surface area contributed by atoms with Gasteiger partial charge in [-0.3, -0.25) is 14.9 Å². The average Bonchev–Trinajstić information content (AvgIpc) is 2.46. The number of hydrogen-bond acceptors (Lipinski definition) is 4. The van der Waals surface area contributed by atoms with Crippen molar-refractivity contribution in [3.63, 3.8) is 0 Å². The number of amides is 1. The number of nitrogens with two attached hydrogens (primary N) is 1. The minimum atomic E-state index is -0.477. The van der Waals surface area contributed by atoms with E-state index in [1.165, 1.54) is 6.07 Å². The number of carbonyl (C=O) groups excluding carboxylic acids is 1. The molecule has 1 aromatic rings. The Kier molecular flexibility index (Phi) is 4.57. The second-order valence-electron chi connectivity index (χ2n) is 5.74. The van der Waals surface area contributed by atoms with Gasteiger partial charge in [-0.1, -0.05) is 19.1 Å². The molecule has 0 aromatic heterocycles. The number of nitrogens with zero attached hydrogens (tertiary/aromatic N) is 2. The van der Waals surface area contributed by atoms with Gasteiger partial charge in [0.2, 0.25) is 0 Å². The zero-order valence-electron chi connectivity index (χ0n) is 12.4. The van der Waals surface area contributed by atoms with Crippen molar-refractivity contribution in [3.05, 3.63) is 39.4 Å². The summed E-state index contributed by atoms with van der Waals surface area (Å²) in [7, 11) is 0. The molecule has 0 saturated carbocycles. The standard InChI is InChI=1S/C15H21N3O3/c1-10-6-7-17(9-12(10)8-16)15(19)13-5-3-4-11(2)14(13)18(20)21/h3-5,10,12H,6-9,16H2,1-2H3. The number of piperidine rings is 1. The molecular formula is C15H21N3O3. The molecule has 1 amide bonds. The highest BCUT2D eigenvalue weighted by Gasteiger charge is 2.31. The van der Waals surface area contributed by atoms with Crippen LogP contribution in [0.5, 0.6) is 0 Å². The summed E-state index contributed by atoms with van der Waals surface area (Å²) in [6.45, 7) is 5.51. The summed E-state index contributed by atoms with van der Waals surface area (Å²) in [5.41, 5.74) is 6.34. The second kappa shape index (κ2) is 6.22. The number of para-hydroxylation sites is 1. The minimum absolute atomic E-state index is 0.0922. The fourth-order valence-electron chi connectivity index (χ4n) is 2.89. The molecule has 1 fully saturated rings.